The van der Waals surface area contributed by atoms with Crippen LogP contribution in [0.1, 0.15) is 43.5 Å². The van der Waals surface area contributed by atoms with E-state index in [-0.39, 0.29) is 36.6 Å². The molecule has 0 heterocycles. The number of halogens is 1. The van der Waals surface area contributed by atoms with Crippen LogP contribution < -0.4 is 16.0 Å². The Labute approximate surface area is 152 Å². The van der Waals surface area contributed by atoms with Crippen LogP contribution in [0.25, 0.3) is 0 Å². The van der Waals surface area contributed by atoms with Gasteiger partial charge in [0.05, 0.1) is 11.3 Å². The summed E-state index contributed by atoms with van der Waals surface area (Å²) in [6, 6.07) is 4.74. The molecule has 25 heavy (non-hydrogen) atoms. The Balaban J connectivity index is 1.89. The molecule has 2 atom stereocenters. The highest BCUT2D eigenvalue weighted by molar-refractivity contribution is 6.31. The van der Waals surface area contributed by atoms with Gasteiger partial charge in [-0.3, -0.25) is 14.4 Å². The molecule has 3 amide bonds. The maximum absolute atomic E-state index is 12.2. The second-order valence-electron chi connectivity index (χ2n) is 6.35. The summed E-state index contributed by atoms with van der Waals surface area (Å²) >= 11 is 5.97. The highest BCUT2D eigenvalue weighted by atomic mass is 35.5. The minimum absolute atomic E-state index is 0.00249. The lowest BCUT2D eigenvalue weighted by Gasteiger charge is -2.12. The highest BCUT2D eigenvalue weighted by Crippen LogP contribution is 2.37. The lowest BCUT2D eigenvalue weighted by Crippen LogP contribution is -2.30. The third-order valence-corrected chi connectivity index (χ3v) is 4.37. The van der Waals surface area contributed by atoms with Crippen molar-refractivity contribution in [3.8, 4) is 0 Å². The molecule has 7 heteroatoms. The molecule has 1 aliphatic rings. The molecule has 1 fully saturated rings. The second-order valence-corrected chi connectivity index (χ2v) is 6.79. The summed E-state index contributed by atoms with van der Waals surface area (Å²) in [5.74, 6) is -0.0159. The molecule has 2 rings (SSSR count). The van der Waals surface area contributed by atoms with E-state index in [1.807, 2.05) is 13.8 Å². The first-order valence-corrected chi connectivity index (χ1v) is 8.95. The van der Waals surface area contributed by atoms with Crippen molar-refractivity contribution in [3.05, 3.63) is 28.8 Å². The Bertz CT molecular complexity index is 663. The van der Waals surface area contributed by atoms with Crippen LogP contribution in [-0.4, -0.2) is 30.8 Å². The molecule has 6 nitrogen and oxygen atoms in total. The zero-order valence-electron chi connectivity index (χ0n) is 14.5. The van der Waals surface area contributed by atoms with Crippen LogP contribution in [0.4, 0.5) is 5.69 Å². The molecule has 0 saturated heterocycles. The van der Waals surface area contributed by atoms with E-state index < -0.39 is 0 Å². The molecule has 3 N–H and O–H groups in total. The van der Waals surface area contributed by atoms with E-state index in [1.165, 1.54) is 0 Å². The van der Waals surface area contributed by atoms with Crippen molar-refractivity contribution >= 4 is 35.0 Å². The summed E-state index contributed by atoms with van der Waals surface area (Å²) < 4.78 is 0. The van der Waals surface area contributed by atoms with Crippen LogP contribution in [-0.2, 0) is 9.59 Å². The van der Waals surface area contributed by atoms with Gasteiger partial charge in [0.1, 0.15) is 0 Å². The van der Waals surface area contributed by atoms with E-state index in [0.717, 1.165) is 12.8 Å². The minimum Gasteiger partial charge on any atom is -0.355 e. The first kappa shape index (κ1) is 19.2. The minimum atomic E-state index is -0.282. The van der Waals surface area contributed by atoms with Crippen molar-refractivity contribution in [2.45, 2.75) is 33.1 Å². The van der Waals surface area contributed by atoms with Crippen molar-refractivity contribution in [1.29, 1.82) is 0 Å². The normalized spacial score (nSPS) is 18.4. The summed E-state index contributed by atoms with van der Waals surface area (Å²) in [5.41, 5.74) is 0.732. The number of carbonyl (C=O) groups is 3. The summed E-state index contributed by atoms with van der Waals surface area (Å²) in [6.07, 6.45) is 1.87. The van der Waals surface area contributed by atoms with Gasteiger partial charge >= 0.3 is 0 Å². The molecular formula is C18H24ClN3O3. The van der Waals surface area contributed by atoms with Gasteiger partial charge in [-0.25, -0.2) is 0 Å². The quantitative estimate of drug-likeness (QED) is 0.661. The molecule has 0 radical (unpaired) electrons. The van der Waals surface area contributed by atoms with E-state index in [9.17, 15) is 14.4 Å². The Morgan fingerprint density at radius 3 is 2.56 bits per heavy atom. The number of hydrogen-bond acceptors (Lipinski definition) is 3. The first-order chi connectivity index (χ1) is 11.9. The number of benzene rings is 1. The maximum atomic E-state index is 12.2. The molecule has 0 bridgehead atoms. The molecule has 1 aliphatic carbocycles. The van der Waals surface area contributed by atoms with Crippen molar-refractivity contribution in [2.24, 2.45) is 11.8 Å². The lowest BCUT2D eigenvalue weighted by atomic mass is 10.1. The van der Waals surface area contributed by atoms with Crippen molar-refractivity contribution < 1.29 is 14.4 Å². The SMILES string of the molecule is CCCNC(=O)c1ccc(Cl)cc1NC(=O)CCNC(=O)[C@@H]1C[C@@H]1C. The monoisotopic (exact) mass is 365 g/mol. The van der Waals surface area contributed by atoms with Gasteiger partial charge in [-0.1, -0.05) is 25.4 Å². The van der Waals surface area contributed by atoms with E-state index in [1.54, 1.807) is 18.2 Å². The van der Waals surface area contributed by atoms with Crippen molar-refractivity contribution in [1.82, 2.24) is 10.6 Å². The number of anilines is 1. The molecule has 0 aromatic heterocycles. The lowest BCUT2D eigenvalue weighted by molar-refractivity contribution is -0.122. The molecule has 1 saturated carbocycles. The molecule has 0 spiro atoms. The van der Waals surface area contributed by atoms with Crippen LogP contribution in [0.15, 0.2) is 18.2 Å². The Morgan fingerprint density at radius 2 is 1.92 bits per heavy atom. The van der Waals surface area contributed by atoms with Gasteiger partial charge in [-0.2, -0.15) is 0 Å². The van der Waals surface area contributed by atoms with Crippen LogP contribution in [0.5, 0.6) is 0 Å². The summed E-state index contributed by atoms with van der Waals surface area (Å²) in [6.45, 7) is 4.81. The summed E-state index contributed by atoms with van der Waals surface area (Å²) in [7, 11) is 0. The average molecular weight is 366 g/mol. The average Bonchev–Trinajstić information content (AvgIpc) is 3.29. The zero-order valence-corrected chi connectivity index (χ0v) is 15.3. The van der Waals surface area contributed by atoms with Gasteiger partial charge in [0.2, 0.25) is 11.8 Å². The fraction of sp³-hybridized carbons (Fsp3) is 0.500. The molecule has 0 aliphatic heterocycles. The summed E-state index contributed by atoms with van der Waals surface area (Å²) in [4.78, 5) is 36.0. The number of rotatable bonds is 8. The van der Waals surface area contributed by atoms with E-state index in [4.69, 9.17) is 11.6 Å². The third-order valence-electron chi connectivity index (χ3n) is 4.13. The fourth-order valence-electron chi connectivity index (χ4n) is 2.48. The van der Waals surface area contributed by atoms with Gasteiger partial charge in [-0.05, 0) is 37.0 Å². The number of nitrogens with one attached hydrogen (secondary N) is 3. The van der Waals surface area contributed by atoms with Crippen LogP contribution in [0.3, 0.4) is 0 Å². The van der Waals surface area contributed by atoms with Crippen molar-refractivity contribution in [2.75, 3.05) is 18.4 Å². The van der Waals surface area contributed by atoms with E-state index >= 15 is 0 Å². The molecule has 0 unspecified atom stereocenters. The largest absolute Gasteiger partial charge is 0.355 e. The number of hydrogen-bond donors (Lipinski definition) is 3. The highest BCUT2D eigenvalue weighted by Gasteiger charge is 2.38. The second kappa shape index (κ2) is 8.85. The molecule has 1 aromatic carbocycles. The Kier molecular flexibility index (Phi) is 6.82. The van der Waals surface area contributed by atoms with Gasteiger partial charge in [-0.15, -0.1) is 0 Å². The predicted octanol–water partition coefficient (Wildman–Crippen LogP) is 2.58. The molecule has 1 aromatic rings. The third kappa shape index (κ3) is 5.74. The van der Waals surface area contributed by atoms with Gasteiger partial charge < -0.3 is 16.0 Å². The van der Waals surface area contributed by atoms with Crippen LogP contribution >= 0.6 is 11.6 Å². The number of carbonyl (C=O) groups excluding carboxylic acids is 3. The van der Waals surface area contributed by atoms with E-state index in [2.05, 4.69) is 16.0 Å². The topological polar surface area (TPSA) is 87.3 Å². The van der Waals surface area contributed by atoms with Gasteiger partial charge in [0, 0.05) is 30.5 Å². The fourth-order valence-corrected chi connectivity index (χ4v) is 2.65. The van der Waals surface area contributed by atoms with Crippen LogP contribution in [0, 0.1) is 11.8 Å². The standard InChI is InChI=1S/C18H24ClN3O3/c1-3-7-20-17(24)13-5-4-12(19)10-15(13)22-16(23)6-8-21-18(25)14-9-11(14)2/h4-5,10-11,14H,3,6-9H2,1-2H3,(H,20,24)(H,21,25)(H,22,23)/t11-,14+/m0/s1. The van der Waals surface area contributed by atoms with Crippen LogP contribution in [0.2, 0.25) is 5.02 Å². The van der Waals surface area contributed by atoms with Gasteiger partial charge in [0.25, 0.3) is 5.91 Å². The molecule has 136 valence electrons. The first-order valence-electron chi connectivity index (χ1n) is 8.57. The summed E-state index contributed by atoms with van der Waals surface area (Å²) in [5, 5.41) is 8.67. The number of amides is 3. The van der Waals surface area contributed by atoms with Crippen molar-refractivity contribution in [3.63, 3.8) is 0 Å². The smallest absolute Gasteiger partial charge is 0.253 e. The maximum Gasteiger partial charge on any atom is 0.253 e. The molecular weight excluding hydrogens is 342 g/mol. The van der Waals surface area contributed by atoms with E-state index in [0.29, 0.717) is 28.7 Å². The Hall–Kier alpha value is -2.08. The predicted molar refractivity (Wildman–Crippen MR) is 97.6 cm³/mol. The van der Waals surface area contributed by atoms with Gasteiger partial charge in [0.15, 0.2) is 0 Å². The zero-order chi connectivity index (χ0) is 18.4. The Morgan fingerprint density at radius 1 is 1.20 bits per heavy atom.